The summed E-state index contributed by atoms with van der Waals surface area (Å²) in [5, 5.41) is 0.541. The molecule has 2 aliphatic rings. The molecule has 0 saturated carbocycles. The third kappa shape index (κ3) is 4.86. The molecule has 2 saturated heterocycles. The SMILES string of the molecule is CCOc1cccc2sc(N(CCN3CCOCC3)C(=O)CN3C(=O)CCC3=O)nc12. The van der Waals surface area contributed by atoms with E-state index >= 15 is 0 Å². The first-order valence-electron chi connectivity index (χ1n) is 10.5. The van der Waals surface area contributed by atoms with E-state index in [1.807, 2.05) is 25.1 Å². The number of ether oxygens (including phenoxy) is 2. The molecule has 0 spiro atoms. The molecule has 3 heterocycles. The van der Waals surface area contributed by atoms with E-state index < -0.39 is 0 Å². The highest BCUT2D eigenvalue weighted by Crippen LogP contribution is 2.34. The summed E-state index contributed by atoms with van der Waals surface area (Å²) in [6.07, 6.45) is 0.331. The first kappa shape index (κ1) is 21.7. The highest BCUT2D eigenvalue weighted by molar-refractivity contribution is 7.22. The quantitative estimate of drug-likeness (QED) is 0.568. The lowest BCUT2D eigenvalue weighted by molar-refractivity contribution is -0.141. The number of likely N-dealkylation sites (tertiary alicyclic amines) is 1. The molecule has 0 radical (unpaired) electrons. The first-order valence-corrected chi connectivity index (χ1v) is 11.3. The molecule has 166 valence electrons. The number of nitrogens with zero attached hydrogens (tertiary/aromatic N) is 4. The minimum Gasteiger partial charge on any atom is -0.492 e. The number of imide groups is 1. The van der Waals surface area contributed by atoms with E-state index in [0.29, 0.717) is 49.3 Å². The van der Waals surface area contributed by atoms with Gasteiger partial charge in [0.25, 0.3) is 0 Å². The molecule has 0 atom stereocenters. The monoisotopic (exact) mass is 446 g/mol. The molecular formula is C21H26N4O5S. The Kier molecular flexibility index (Phi) is 6.79. The van der Waals surface area contributed by atoms with E-state index in [4.69, 9.17) is 14.5 Å². The standard InChI is InChI=1S/C21H26N4O5S/c1-2-30-15-4-3-5-16-20(15)22-21(31-16)24(9-8-23-10-12-29-13-11-23)19(28)14-25-17(26)6-7-18(25)27/h3-5H,2,6-14H2,1H3. The van der Waals surface area contributed by atoms with Crippen LogP contribution in [0.4, 0.5) is 5.13 Å². The summed E-state index contributed by atoms with van der Waals surface area (Å²) in [4.78, 5) is 46.8. The van der Waals surface area contributed by atoms with Crippen molar-refractivity contribution in [3.05, 3.63) is 18.2 Å². The second kappa shape index (κ2) is 9.71. The molecule has 10 heteroatoms. The van der Waals surface area contributed by atoms with Crippen molar-refractivity contribution in [2.24, 2.45) is 0 Å². The van der Waals surface area contributed by atoms with Crippen LogP contribution in [0.3, 0.4) is 0 Å². The zero-order valence-electron chi connectivity index (χ0n) is 17.5. The van der Waals surface area contributed by atoms with Crippen molar-refractivity contribution in [1.29, 1.82) is 0 Å². The molecule has 2 aromatic rings. The Morgan fingerprint density at radius 2 is 1.97 bits per heavy atom. The molecule has 0 aliphatic carbocycles. The number of anilines is 1. The topological polar surface area (TPSA) is 92.3 Å². The van der Waals surface area contributed by atoms with Crippen LogP contribution in [0.25, 0.3) is 10.2 Å². The van der Waals surface area contributed by atoms with Gasteiger partial charge in [0.1, 0.15) is 17.8 Å². The summed E-state index contributed by atoms with van der Waals surface area (Å²) < 4.78 is 12.0. The van der Waals surface area contributed by atoms with Crippen LogP contribution in [0.2, 0.25) is 0 Å². The summed E-state index contributed by atoms with van der Waals surface area (Å²) in [5.41, 5.74) is 0.710. The zero-order valence-corrected chi connectivity index (χ0v) is 18.4. The highest BCUT2D eigenvalue weighted by Gasteiger charge is 2.33. The number of carbonyl (C=O) groups is 3. The predicted octanol–water partition coefficient (Wildman–Crippen LogP) is 1.51. The second-order valence-electron chi connectivity index (χ2n) is 7.41. The van der Waals surface area contributed by atoms with Crippen LogP contribution in [-0.4, -0.2) is 85.0 Å². The summed E-state index contributed by atoms with van der Waals surface area (Å²) in [6.45, 7) is 6.20. The molecule has 3 amide bonds. The Morgan fingerprint density at radius 1 is 1.23 bits per heavy atom. The van der Waals surface area contributed by atoms with Crippen molar-refractivity contribution < 1.29 is 23.9 Å². The van der Waals surface area contributed by atoms with Gasteiger partial charge in [0.05, 0.1) is 24.5 Å². The number of fused-ring (bicyclic) bond motifs is 1. The van der Waals surface area contributed by atoms with E-state index in [0.717, 1.165) is 22.7 Å². The largest absolute Gasteiger partial charge is 0.492 e. The predicted molar refractivity (Wildman–Crippen MR) is 116 cm³/mol. The van der Waals surface area contributed by atoms with Crippen molar-refractivity contribution in [2.75, 3.05) is 57.4 Å². The number of benzene rings is 1. The Morgan fingerprint density at radius 3 is 2.68 bits per heavy atom. The molecule has 31 heavy (non-hydrogen) atoms. The lowest BCUT2D eigenvalue weighted by Gasteiger charge is -2.29. The van der Waals surface area contributed by atoms with Crippen molar-refractivity contribution in [3.8, 4) is 5.75 Å². The fraction of sp³-hybridized carbons (Fsp3) is 0.524. The lowest BCUT2D eigenvalue weighted by atomic mass is 10.3. The van der Waals surface area contributed by atoms with Gasteiger partial charge >= 0.3 is 0 Å². The van der Waals surface area contributed by atoms with Crippen LogP contribution in [0.1, 0.15) is 19.8 Å². The van der Waals surface area contributed by atoms with Gasteiger partial charge < -0.3 is 9.47 Å². The lowest BCUT2D eigenvalue weighted by Crippen LogP contribution is -2.47. The molecule has 2 aliphatic heterocycles. The second-order valence-corrected chi connectivity index (χ2v) is 8.41. The number of thiazole rings is 1. The van der Waals surface area contributed by atoms with Gasteiger partial charge in [-0.1, -0.05) is 17.4 Å². The average molecular weight is 447 g/mol. The van der Waals surface area contributed by atoms with E-state index in [-0.39, 0.29) is 37.1 Å². The van der Waals surface area contributed by atoms with E-state index in [1.165, 1.54) is 11.3 Å². The molecule has 1 aromatic carbocycles. The number of morpholine rings is 1. The maximum absolute atomic E-state index is 13.2. The molecule has 2 fully saturated rings. The zero-order chi connectivity index (χ0) is 21.8. The van der Waals surface area contributed by atoms with Gasteiger partial charge in [-0.2, -0.15) is 0 Å². The number of rotatable bonds is 8. The minimum atomic E-state index is -0.311. The first-order chi connectivity index (χ1) is 15.1. The molecule has 9 nitrogen and oxygen atoms in total. The number of hydrogen-bond donors (Lipinski definition) is 0. The number of amides is 3. The van der Waals surface area contributed by atoms with Gasteiger partial charge in [0, 0.05) is 39.0 Å². The molecule has 0 N–H and O–H groups in total. The fourth-order valence-electron chi connectivity index (χ4n) is 3.71. The molecule has 4 rings (SSSR count). The Hall–Kier alpha value is -2.56. The Bertz CT molecular complexity index is 956. The number of carbonyl (C=O) groups excluding carboxylic acids is 3. The summed E-state index contributed by atoms with van der Waals surface area (Å²) in [6, 6.07) is 5.70. The maximum atomic E-state index is 13.2. The normalized spacial score (nSPS) is 17.5. The van der Waals surface area contributed by atoms with E-state index in [2.05, 4.69) is 4.90 Å². The van der Waals surface area contributed by atoms with E-state index in [1.54, 1.807) is 4.90 Å². The summed E-state index contributed by atoms with van der Waals surface area (Å²) >= 11 is 1.40. The molecule has 1 aromatic heterocycles. The average Bonchev–Trinajstić information content (AvgIpc) is 3.34. The minimum absolute atomic E-state index is 0.165. The van der Waals surface area contributed by atoms with Crippen LogP contribution < -0.4 is 9.64 Å². The third-order valence-electron chi connectivity index (χ3n) is 5.39. The highest BCUT2D eigenvalue weighted by atomic mass is 32.1. The fourth-order valence-corrected chi connectivity index (χ4v) is 4.74. The Labute approximate surface area is 184 Å². The molecular weight excluding hydrogens is 420 g/mol. The van der Waals surface area contributed by atoms with Crippen molar-refractivity contribution >= 4 is 44.4 Å². The van der Waals surface area contributed by atoms with Gasteiger partial charge in [-0.05, 0) is 19.1 Å². The number of para-hydroxylation sites is 1. The van der Waals surface area contributed by atoms with Crippen LogP contribution in [0, 0.1) is 0 Å². The van der Waals surface area contributed by atoms with Crippen LogP contribution in [0.15, 0.2) is 18.2 Å². The van der Waals surface area contributed by atoms with Gasteiger partial charge in [-0.25, -0.2) is 4.98 Å². The smallest absolute Gasteiger partial charge is 0.248 e. The van der Waals surface area contributed by atoms with E-state index in [9.17, 15) is 14.4 Å². The van der Waals surface area contributed by atoms with Gasteiger partial charge in [-0.15, -0.1) is 0 Å². The van der Waals surface area contributed by atoms with Crippen LogP contribution in [-0.2, 0) is 19.1 Å². The third-order valence-corrected chi connectivity index (χ3v) is 6.44. The Balaban J connectivity index is 1.58. The summed E-state index contributed by atoms with van der Waals surface area (Å²) in [7, 11) is 0. The maximum Gasteiger partial charge on any atom is 0.248 e. The van der Waals surface area contributed by atoms with Gasteiger partial charge in [-0.3, -0.25) is 29.1 Å². The number of aromatic nitrogens is 1. The van der Waals surface area contributed by atoms with Gasteiger partial charge in [0.15, 0.2) is 5.13 Å². The van der Waals surface area contributed by atoms with Crippen molar-refractivity contribution in [1.82, 2.24) is 14.8 Å². The molecule has 0 unspecified atom stereocenters. The van der Waals surface area contributed by atoms with Crippen molar-refractivity contribution in [3.63, 3.8) is 0 Å². The number of hydrogen-bond acceptors (Lipinski definition) is 8. The van der Waals surface area contributed by atoms with Crippen LogP contribution >= 0.6 is 11.3 Å². The van der Waals surface area contributed by atoms with Crippen LogP contribution in [0.5, 0.6) is 5.75 Å². The molecule has 0 bridgehead atoms. The van der Waals surface area contributed by atoms with Gasteiger partial charge in [0.2, 0.25) is 17.7 Å². The summed E-state index contributed by atoms with van der Waals surface area (Å²) in [5.74, 6) is -0.231. The van der Waals surface area contributed by atoms with Crippen molar-refractivity contribution in [2.45, 2.75) is 19.8 Å².